The first-order valence-electron chi connectivity index (χ1n) is 9.11. The molecule has 26 heavy (non-hydrogen) atoms. The lowest BCUT2D eigenvalue weighted by Gasteiger charge is -2.26. The van der Waals surface area contributed by atoms with Gasteiger partial charge in [0.05, 0.1) is 18.4 Å². The van der Waals surface area contributed by atoms with Gasteiger partial charge in [-0.1, -0.05) is 36.8 Å². The molecular weight excluding hydrogens is 439 g/mol. The zero-order valence-corrected chi connectivity index (χ0v) is 17.7. The van der Waals surface area contributed by atoms with Crippen LogP contribution in [0.25, 0.3) is 11.3 Å². The first-order chi connectivity index (χ1) is 12.3. The number of rotatable bonds is 6. The monoisotopic (exact) mass is 468 g/mol. The Balaban J connectivity index is 0.00000243. The molecule has 0 atom stereocenters. The second-order valence-corrected chi connectivity index (χ2v) is 6.36. The van der Waals surface area contributed by atoms with Gasteiger partial charge in [-0.3, -0.25) is 4.99 Å². The van der Waals surface area contributed by atoms with Crippen molar-refractivity contribution in [1.29, 1.82) is 0 Å². The van der Waals surface area contributed by atoms with Gasteiger partial charge in [-0.2, -0.15) is 0 Å². The third-order valence-corrected chi connectivity index (χ3v) is 4.53. The highest BCUT2D eigenvalue weighted by molar-refractivity contribution is 14.0. The summed E-state index contributed by atoms with van der Waals surface area (Å²) in [5.41, 5.74) is 2.18. The van der Waals surface area contributed by atoms with Crippen molar-refractivity contribution in [2.45, 2.75) is 25.8 Å². The second-order valence-electron chi connectivity index (χ2n) is 6.36. The average Bonchev–Trinajstić information content (AvgIpc) is 3.15. The highest BCUT2D eigenvalue weighted by Crippen LogP contribution is 2.15. The van der Waals surface area contributed by atoms with E-state index in [-0.39, 0.29) is 24.0 Å². The Morgan fingerprint density at radius 1 is 1.15 bits per heavy atom. The zero-order chi connectivity index (χ0) is 17.3. The molecule has 0 aliphatic carbocycles. The quantitative estimate of drug-likeness (QED) is 0.347. The summed E-state index contributed by atoms with van der Waals surface area (Å²) in [6, 6.07) is 10.2. The van der Waals surface area contributed by atoms with Crippen LogP contribution in [-0.2, 0) is 6.54 Å². The fourth-order valence-electron chi connectivity index (χ4n) is 3.12. The number of nitrogens with zero attached hydrogens (tertiary/aromatic N) is 3. The lowest BCUT2D eigenvalue weighted by Crippen LogP contribution is -2.42. The molecule has 142 valence electrons. The first kappa shape index (κ1) is 20.7. The van der Waals surface area contributed by atoms with Gasteiger partial charge in [0.25, 0.3) is 0 Å². The molecule has 0 saturated carbocycles. The summed E-state index contributed by atoms with van der Waals surface area (Å²) in [4.78, 5) is 14.6. The first-order valence-corrected chi connectivity index (χ1v) is 9.11. The smallest absolute Gasteiger partial charge is 0.191 e. The van der Waals surface area contributed by atoms with Crippen LogP contribution in [0.15, 0.2) is 41.5 Å². The summed E-state index contributed by atoms with van der Waals surface area (Å²) in [6.45, 7) is 5.05. The zero-order valence-electron chi connectivity index (χ0n) is 15.4. The predicted octanol–water partition coefficient (Wildman–Crippen LogP) is 2.85. The van der Waals surface area contributed by atoms with Crippen LogP contribution in [0.3, 0.4) is 0 Å². The molecule has 0 spiro atoms. The van der Waals surface area contributed by atoms with E-state index in [0.717, 1.165) is 36.1 Å². The van der Waals surface area contributed by atoms with Gasteiger partial charge in [0.2, 0.25) is 0 Å². The number of imidazole rings is 1. The number of piperidine rings is 1. The number of halogens is 1. The molecule has 3 rings (SSSR count). The lowest BCUT2D eigenvalue weighted by molar-refractivity contribution is 0.232. The van der Waals surface area contributed by atoms with Crippen LogP contribution in [0, 0.1) is 0 Å². The van der Waals surface area contributed by atoms with Gasteiger partial charge in [-0.15, -0.1) is 24.0 Å². The number of nitrogens with one attached hydrogen (secondary N) is 3. The van der Waals surface area contributed by atoms with Crippen molar-refractivity contribution < 1.29 is 0 Å². The second kappa shape index (κ2) is 11.2. The van der Waals surface area contributed by atoms with Crippen molar-refractivity contribution in [3.05, 3.63) is 42.4 Å². The van der Waals surface area contributed by atoms with Crippen LogP contribution in [0.5, 0.6) is 0 Å². The highest BCUT2D eigenvalue weighted by Gasteiger charge is 2.09. The number of likely N-dealkylation sites (tertiary alicyclic amines) is 1. The molecule has 3 N–H and O–H groups in total. The van der Waals surface area contributed by atoms with Crippen LogP contribution in [0.4, 0.5) is 0 Å². The average molecular weight is 468 g/mol. The molecule has 2 aromatic rings. The number of aromatic amines is 1. The third kappa shape index (κ3) is 6.28. The van der Waals surface area contributed by atoms with Crippen LogP contribution in [0.1, 0.15) is 25.1 Å². The molecule has 1 aliphatic heterocycles. The minimum atomic E-state index is 0. The van der Waals surface area contributed by atoms with Crippen molar-refractivity contribution in [1.82, 2.24) is 25.5 Å². The number of aromatic nitrogens is 2. The maximum Gasteiger partial charge on any atom is 0.191 e. The van der Waals surface area contributed by atoms with Gasteiger partial charge < -0.3 is 20.5 Å². The van der Waals surface area contributed by atoms with Crippen LogP contribution < -0.4 is 10.6 Å². The molecule has 1 aliphatic rings. The van der Waals surface area contributed by atoms with E-state index < -0.39 is 0 Å². The van der Waals surface area contributed by atoms with E-state index in [1.807, 2.05) is 24.4 Å². The van der Waals surface area contributed by atoms with E-state index in [1.165, 1.54) is 32.4 Å². The number of hydrogen-bond acceptors (Lipinski definition) is 3. The molecule has 7 heteroatoms. The highest BCUT2D eigenvalue weighted by atomic mass is 127. The van der Waals surface area contributed by atoms with E-state index in [1.54, 1.807) is 7.05 Å². The molecule has 1 aromatic carbocycles. The van der Waals surface area contributed by atoms with E-state index in [2.05, 4.69) is 42.6 Å². The molecule has 0 bridgehead atoms. The topological polar surface area (TPSA) is 68.3 Å². The molecule has 1 fully saturated rings. The predicted molar refractivity (Wildman–Crippen MR) is 118 cm³/mol. The summed E-state index contributed by atoms with van der Waals surface area (Å²) in [6.07, 6.45) is 5.91. The molecule has 0 unspecified atom stereocenters. The minimum absolute atomic E-state index is 0. The summed E-state index contributed by atoms with van der Waals surface area (Å²) in [7, 11) is 1.80. The minimum Gasteiger partial charge on any atom is -0.355 e. The normalized spacial score (nSPS) is 15.3. The standard InChI is InChI=1S/C19H28N6.HI/c1-20-19(21-10-13-25-11-6-3-7-12-25)23-15-18-22-14-17(24-18)16-8-4-2-5-9-16;/h2,4-5,8-9,14H,3,6-7,10-13,15H2,1H3,(H,22,24)(H2,20,21,23);1H. The Morgan fingerprint density at radius 3 is 2.65 bits per heavy atom. The van der Waals surface area contributed by atoms with Crippen molar-refractivity contribution in [2.75, 3.05) is 33.2 Å². The van der Waals surface area contributed by atoms with Crippen molar-refractivity contribution >= 4 is 29.9 Å². The number of benzene rings is 1. The molecule has 0 amide bonds. The molecule has 6 nitrogen and oxygen atoms in total. The van der Waals surface area contributed by atoms with Crippen LogP contribution >= 0.6 is 24.0 Å². The molecule has 2 heterocycles. The van der Waals surface area contributed by atoms with Gasteiger partial charge in [0.1, 0.15) is 5.82 Å². The third-order valence-electron chi connectivity index (χ3n) is 4.53. The molecule has 1 aromatic heterocycles. The Labute approximate surface area is 172 Å². The van der Waals surface area contributed by atoms with Crippen molar-refractivity contribution in [3.8, 4) is 11.3 Å². The van der Waals surface area contributed by atoms with E-state index in [4.69, 9.17) is 0 Å². The largest absolute Gasteiger partial charge is 0.355 e. The molecular formula is C19H29IN6. The van der Waals surface area contributed by atoms with E-state index >= 15 is 0 Å². The summed E-state index contributed by atoms with van der Waals surface area (Å²) in [5.74, 6) is 1.72. The lowest BCUT2D eigenvalue weighted by atomic mass is 10.1. The Hall–Kier alpha value is -1.61. The van der Waals surface area contributed by atoms with Gasteiger partial charge in [0.15, 0.2) is 5.96 Å². The number of H-pyrrole nitrogens is 1. The Kier molecular flexibility index (Phi) is 8.90. The maximum absolute atomic E-state index is 4.44. The fourth-order valence-corrected chi connectivity index (χ4v) is 3.12. The van der Waals surface area contributed by atoms with Gasteiger partial charge in [-0.25, -0.2) is 4.98 Å². The van der Waals surface area contributed by atoms with Crippen molar-refractivity contribution in [3.63, 3.8) is 0 Å². The molecule has 1 saturated heterocycles. The van der Waals surface area contributed by atoms with Crippen molar-refractivity contribution in [2.24, 2.45) is 4.99 Å². The number of guanidine groups is 1. The SMILES string of the molecule is CN=C(NCCN1CCCCC1)NCc1ncc(-c2ccccc2)[nH]1.I. The van der Waals surface area contributed by atoms with Crippen LogP contribution in [-0.4, -0.2) is 54.1 Å². The Bertz CT molecular complexity index is 664. The summed E-state index contributed by atoms with van der Waals surface area (Å²) >= 11 is 0. The van der Waals surface area contributed by atoms with Gasteiger partial charge >= 0.3 is 0 Å². The van der Waals surface area contributed by atoms with E-state index in [0.29, 0.717) is 6.54 Å². The fraction of sp³-hybridized carbons (Fsp3) is 0.474. The number of aliphatic imine (C=N–C) groups is 1. The maximum atomic E-state index is 4.44. The number of hydrogen-bond donors (Lipinski definition) is 3. The van der Waals surface area contributed by atoms with Gasteiger partial charge in [0, 0.05) is 20.1 Å². The van der Waals surface area contributed by atoms with Gasteiger partial charge in [-0.05, 0) is 31.5 Å². The van der Waals surface area contributed by atoms with Crippen LogP contribution in [0.2, 0.25) is 0 Å². The van der Waals surface area contributed by atoms with E-state index in [9.17, 15) is 0 Å². The molecule has 0 radical (unpaired) electrons. The summed E-state index contributed by atoms with van der Waals surface area (Å²) in [5, 5.41) is 6.70. The Morgan fingerprint density at radius 2 is 1.92 bits per heavy atom. The summed E-state index contributed by atoms with van der Waals surface area (Å²) < 4.78 is 0.